The molecule has 0 radical (unpaired) electrons. The predicted molar refractivity (Wildman–Crippen MR) is 99.1 cm³/mol. The van der Waals surface area contributed by atoms with Crippen LogP contribution in [-0.2, 0) is 35.9 Å². The molecule has 0 aliphatic carbocycles. The Morgan fingerprint density at radius 3 is 2.43 bits per heavy atom. The number of hydrogen-bond donors (Lipinski definition) is 2. The van der Waals surface area contributed by atoms with E-state index in [9.17, 15) is 21.6 Å². The maximum Gasteiger partial charge on any atom is 0.410 e. The van der Waals surface area contributed by atoms with E-state index in [0.717, 1.165) is 11.8 Å². The van der Waals surface area contributed by atoms with E-state index in [1.165, 1.54) is 12.0 Å². The number of ether oxygens (including phenoxy) is 2. The van der Waals surface area contributed by atoms with E-state index in [1.54, 1.807) is 24.3 Å². The molecular weight excluding hydrogens is 414 g/mol. The summed E-state index contributed by atoms with van der Waals surface area (Å²) >= 11 is 0. The molecule has 11 nitrogen and oxygen atoms in total. The van der Waals surface area contributed by atoms with Crippen LogP contribution in [0.15, 0.2) is 24.3 Å². The van der Waals surface area contributed by atoms with Gasteiger partial charge in [-0.15, -0.1) is 0 Å². The smallest absolute Gasteiger partial charge is 0.410 e. The van der Waals surface area contributed by atoms with Crippen molar-refractivity contribution < 1.29 is 35.3 Å². The monoisotopic (exact) mass is 437 g/mol. The molecule has 3 N–H and O–H groups in total. The van der Waals surface area contributed by atoms with Crippen LogP contribution in [0.1, 0.15) is 12.0 Å². The van der Waals surface area contributed by atoms with E-state index in [2.05, 4.69) is 4.72 Å². The topological polar surface area (TPSA) is 154 Å². The predicted octanol–water partition coefficient (Wildman–Crippen LogP) is -0.456. The standard InChI is InChI=1S/C15H23N3O8S2/c1-24-13-5-3-11(4-6-13)10-25-15(19)18-9-14(26-27(2,20)21)7-12(18)8-17-28(16,22)23/h3-6,12,14,17H,7-10H2,1-2H3,(H2,16,22,23)/t12-,14+/m0/s1. The molecule has 1 aromatic rings. The van der Waals surface area contributed by atoms with Crippen LogP contribution in [0.25, 0.3) is 0 Å². The number of benzene rings is 1. The molecule has 1 saturated heterocycles. The summed E-state index contributed by atoms with van der Waals surface area (Å²) in [7, 11) is -6.18. The molecule has 158 valence electrons. The third-order valence-corrected chi connectivity index (χ3v) is 5.15. The maximum absolute atomic E-state index is 12.5. The van der Waals surface area contributed by atoms with Gasteiger partial charge in [-0.25, -0.2) is 14.7 Å². The number of carbonyl (C=O) groups is 1. The van der Waals surface area contributed by atoms with Crippen molar-refractivity contribution in [3.63, 3.8) is 0 Å². The minimum Gasteiger partial charge on any atom is -0.497 e. The fraction of sp³-hybridized carbons (Fsp3) is 0.533. The van der Waals surface area contributed by atoms with Crippen molar-refractivity contribution in [3.05, 3.63) is 29.8 Å². The first-order valence-corrected chi connectivity index (χ1v) is 11.5. The Labute approximate surface area is 164 Å². The van der Waals surface area contributed by atoms with Crippen LogP contribution in [0.5, 0.6) is 5.75 Å². The van der Waals surface area contributed by atoms with Crippen molar-refractivity contribution >= 4 is 26.4 Å². The highest BCUT2D eigenvalue weighted by Crippen LogP contribution is 2.23. The second kappa shape index (κ2) is 9.05. The number of nitrogens with zero attached hydrogens (tertiary/aromatic N) is 1. The zero-order valence-electron chi connectivity index (χ0n) is 15.4. The highest BCUT2D eigenvalue weighted by Gasteiger charge is 2.38. The summed E-state index contributed by atoms with van der Waals surface area (Å²) in [5.41, 5.74) is 0.719. The zero-order valence-corrected chi connectivity index (χ0v) is 17.0. The average Bonchev–Trinajstić information content (AvgIpc) is 2.98. The molecule has 2 atom stereocenters. The van der Waals surface area contributed by atoms with Crippen molar-refractivity contribution in [1.82, 2.24) is 9.62 Å². The van der Waals surface area contributed by atoms with Crippen LogP contribution in [0.4, 0.5) is 4.79 Å². The highest BCUT2D eigenvalue weighted by molar-refractivity contribution is 7.87. The molecule has 0 aromatic heterocycles. The third kappa shape index (κ3) is 7.24. The SMILES string of the molecule is COc1ccc(COC(=O)N2C[C@H](OS(C)(=O)=O)C[C@H]2CNS(N)(=O)=O)cc1. The molecule has 1 aliphatic rings. The van der Waals surface area contributed by atoms with Crippen molar-refractivity contribution in [1.29, 1.82) is 0 Å². The molecule has 0 spiro atoms. The summed E-state index contributed by atoms with van der Waals surface area (Å²) in [6, 6.07) is 6.22. The van der Waals surface area contributed by atoms with Gasteiger partial charge in [-0.2, -0.15) is 16.8 Å². The lowest BCUT2D eigenvalue weighted by Crippen LogP contribution is -2.44. The van der Waals surface area contributed by atoms with E-state index in [-0.39, 0.29) is 26.1 Å². The number of nitrogens with one attached hydrogen (secondary N) is 1. The number of hydrogen-bond acceptors (Lipinski definition) is 8. The lowest BCUT2D eigenvalue weighted by molar-refractivity contribution is 0.0896. The van der Waals surface area contributed by atoms with Gasteiger partial charge in [-0.3, -0.25) is 4.18 Å². The molecule has 0 unspecified atom stereocenters. The van der Waals surface area contributed by atoms with Gasteiger partial charge in [0.15, 0.2) is 0 Å². The van der Waals surface area contributed by atoms with Crippen LogP contribution in [0, 0.1) is 0 Å². The van der Waals surface area contributed by atoms with Gasteiger partial charge >= 0.3 is 6.09 Å². The highest BCUT2D eigenvalue weighted by atomic mass is 32.2. The van der Waals surface area contributed by atoms with E-state index in [1.807, 2.05) is 0 Å². The number of methoxy groups -OCH3 is 1. The number of amides is 1. The van der Waals surface area contributed by atoms with Crippen LogP contribution in [0.3, 0.4) is 0 Å². The van der Waals surface area contributed by atoms with Crippen LogP contribution in [0.2, 0.25) is 0 Å². The summed E-state index contributed by atoms with van der Waals surface area (Å²) in [6.07, 6.45) is -0.532. The first-order chi connectivity index (χ1) is 13.0. The van der Waals surface area contributed by atoms with Gasteiger partial charge in [0.1, 0.15) is 12.4 Å². The number of rotatable bonds is 8. The Kier molecular flexibility index (Phi) is 7.22. The van der Waals surface area contributed by atoms with Gasteiger partial charge in [0.25, 0.3) is 20.3 Å². The molecule has 1 aliphatic heterocycles. The fourth-order valence-electron chi connectivity index (χ4n) is 2.77. The molecule has 1 heterocycles. The zero-order chi connectivity index (χ0) is 20.9. The molecule has 0 bridgehead atoms. The normalized spacial score (nSPS) is 20.2. The first-order valence-electron chi connectivity index (χ1n) is 8.19. The maximum atomic E-state index is 12.5. The lowest BCUT2D eigenvalue weighted by Gasteiger charge is -2.23. The Morgan fingerprint density at radius 1 is 1.25 bits per heavy atom. The first kappa shape index (κ1) is 22.4. The van der Waals surface area contributed by atoms with Gasteiger partial charge in [-0.1, -0.05) is 12.1 Å². The second-order valence-electron chi connectivity index (χ2n) is 6.26. The van der Waals surface area contributed by atoms with E-state index < -0.39 is 38.6 Å². The van der Waals surface area contributed by atoms with E-state index in [0.29, 0.717) is 5.75 Å². The number of nitrogens with two attached hydrogens (primary N) is 1. The van der Waals surface area contributed by atoms with Crippen molar-refractivity contribution in [2.24, 2.45) is 5.14 Å². The Hall–Kier alpha value is -1.93. The van der Waals surface area contributed by atoms with Crippen LogP contribution < -0.4 is 14.6 Å². The minimum atomic E-state index is -3.97. The van der Waals surface area contributed by atoms with E-state index in [4.69, 9.17) is 18.8 Å². The minimum absolute atomic E-state index is 0.0216. The molecule has 13 heteroatoms. The fourth-order valence-corrected chi connectivity index (χ4v) is 3.83. The summed E-state index contributed by atoms with van der Waals surface area (Å²) in [5, 5.41) is 4.92. The summed E-state index contributed by atoms with van der Waals surface area (Å²) < 4.78 is 62.3. The summed E-state index contributed by atoms with van der Waals surface area (Å²) in [5.74, 6) is 0.657. The molecule has 1 amide bonds. The van der Waals surface area contributed by atoms with Crippen LogP contribution >= 0.6 is 0 Å². The Bertz CT molecular complexity index is 886. The third-order valence-electron chi connectivity index (χ3n) is 3.96. The largest absolute Gasteiger partial charge is 0.497 e. The van der Waals surface area contributed by atoms with Gasteiger partial charge in [0, 0.05) is 6.54 Å². The molecule has 1 fully saturated rings. The Morgan fingerprint density at radius 2 is 1.89 bits per heavy atom. The van der Waals surface area contributed by atoms with E-state index >= 15 is 0 Å². The van der Waals surface area contributed by atoms with Gasteiger partial charge in [-0.05, 0) is 24.1 Å². The number of likely N-dealkylation sites (tertiary alicyclic amines) is 1. The second-order valence-corrected chi connectivity index (χ2v) is 9.24. The summed E-state index contributed by atoms with van der Waals surface area (Å²) in [6.45, 7) is -0.280. The average molecular weight is 437 g/mol. The quantitative estimate of drug-likeness (QED) is 0.518. The molecule has 1 aromatic carbocycles. The molecule has 28 heavy (non-hydrogen) atoms. The van der Waals surface area contributed by atoms with Gasteiger partial charge in [0.2, 0.25) is 0 Å². The van der Waals surface area contributed by atoms with Crippen LogP contribution in [-0.4, -0.2) is 66.4 Å². The van der Waals surface area contributed by atoms with Crippen molar-refractivity contribution in [2.45, 2.75) is 25.2 Å². The van der Waals surface area contributed by atoms with Crippen molar-refractivity contribution in [3.8, 4) is 5.75 Å². The summed E-state index contributed by atoms with van der Waals surface area (Å²) in [4.78, 5) is 13.7. The van der Waals surface area contributed by atoms with Gasteiger partial charge in [0.05, 0.1) is 32.1 Å². The number of carbonyl (C=O) groups excluding carboxylic acids is 1. The Balaban J connectivity index is 2.02. The molecule has 0 saturated carbocycles. The van der Waals surface area contributed by atoms with Crippen molar-refractivity contribution in [2.75, 3.05) is 26.5 Å². The lowest BCUT2D eigenvalue weighted by atomic mass is 10.2. The molecule has 2 rings (SSSR count). The molecular formula is C15H23N3O8S2. The van der Waals surface area contributed by atoms with Gasteiger partial charge < -0.3 is 14.4 Å².